The molecule has 13 heavy (non-hydrogen) atoms. The molecular formula is C10H19BrO2. The standard InChI is InChI=1S/C10H19BrO2/c1-2-3-4-5-6-9(11)10-12-7-8-13-10/h9-10H,2-8H2,1H3. The summed E-state index contributed by atoms with van der Waals surface area (Å²) in [6, 6.07) is 0. The van der Waals surface area contributed by atoms with Crippen LogP contribution in [0.1, 0.15) is 39.0 Å². The highest BCUT2D eigenvalue weighted by Crippen LogP contribution is 2.21. The van der Waals surface area contributed by atoms with Gasteiger partial charge in [-0.3, -0.25) is 0 Å². The number of alkyl halides is 1. The van der Waals surface area contributed by atoms with Crippen molar-refractivity contribution < 1.29 is 9.47 Å². The fraction of sp³-hybridized carbons (Fsp3) is 1.00. The van der Waals surface area contributed by atoms with Crippen LogP contribution < -0.4 is 0 Å². The van der Waals surface area contributed by atoms with Crippen molar-refractivity contribution in [3.05, 3.63) is 0 Å². The van der Waals surface area contributed by atoms with Gasteiger partial charge in [-0.05, 0) is 6.42 Å². The maximum Gasteiger partial charge on any atom is 0.170 e. The summed E-state index contributed by atoms with van der Waals surface area (Å²) in [7, 11) is 0. The Morgan fingerprint density at radius 2 is 1.92 bits per heavy atom. The Morgan fingerprint density at radius 3 is 2.54 bits per heavy atom. The molecule has 0 amide bonds. The first-order valence-electron chi connectivity index (χ1n) is 5.22. The molecule has 1 aliphatic heterocycles. The van der Waals surface area contributed by atoms with E-state index in [-0.39, 0.29) is 6.29 Å². The highest BCUT2D eigenvalue weighted by Gasteiger charge is 2.23. The molecule has 1 atom stereocenters. The lowest BCUT2D eigenvalue weighted by Gasteiger charge is -2.15. The molecule has 0 aromatic rings. The molecule has 1 heterocycles. The number of ether oxygens (including phenoxy) is 2. The SMILES string of the molecule is CCCCCCC(Br)C1OCCO1. The van der Waals surface area contributed by atoms with Crippen LogP contribution in [-0.4, -0.2) is 24.3 Å². The monoisotopic (exact) mass is 250 g/mol. The summed E-state index contributed by atoms with van der Waals surface area (Å²) in [5.41, 5.74) is 0. The molecule has 0 spiro atoms. The Hall–Kier alpha value is 0.400. The molecule has 0 aliphatic carbocycles. The van der Waals surface area contributed by atoms with Gasteiger partial charge in [0.1, 0.15) is 0 Å². The molecule has 1 fully saturated rings. The predicted molar refractivity (Wildman–Crippen MR) is 57.2 cm³/mol. The Balaban J connectivity index is 1.99. The molecule has 1 unspecified atom stereocenters. The van der Waals surface area contributed by atoms with Crippen LogP contribution in [-0.2, 0) is 9.47 Å². The maximum absolute atomic E-state index is 5.40. The molecule has 0 saturated carbocycles. The zero-order chi connectivity index (χ0) is 9.52. The fourth-order valence-corrected chi connectivity index (χ4v) is 2.12. The van der Waals surface area contributed by atoms with Crippen LogP contribution in [0.4, 0.5) is 0 Å². The number of hydrogen-bond donors (Lipinski definition) is 0. The fourth-order valence-electron chi connectivity index (χ4n) is 1.49. The normalized spacial score (nSPS) is 20.8. The van der Waals surface area contributed by atoms with Crippen molar-refractivity contribution in [1.29, 1.82) is 0 Å². The van der Waals surface area contributed by atoms with Gasteiger partial charge >= 0.3 is 0 Å². The maximum atomic E-state index is 5.40. The van der Waals surface area contributed by atoms with Gasteiger partial charge in [0.2, 0.25) is 0 Å². The first-order valence-corrected chi connectivity index (χ1v) is 6.13. The third-order valence-corrected chi connectivity index (χ3v) is 3.17. The molecule has 78 valence electrons. The number of hydrogen-bond acceptors (Lipinski definition) is 2. The second-order valence-corrected chi connectivity index (χ2v) is 4.65. The highest BCUT2D eigenvalue weighted by atomic mass is 79.9. The second kappa shape index (κ2) is 6.80. The summed E-state index contributed by atoms with van der Waals surface area (Å²) in [6.07, 6.45) is 6.39. The molecular weight excluding hydrogens is 232 g/mol. The van der Waals surface area contributed by atoms with Crippen LogP contribution in [0.15, 0.2) is 0 Å². The molecule has 0 radical (unpaired) electrons. The third kappa shape index (κ3) is 4.43. The zero-order valence-electron chi connectivity index (χ0n) is 8.30. The summed E-state index contributed by atoms with van der Waals surface area (Å²) >= 11 is 3.61. The van der Waals surface area contributed by atoms with E-state index in [1.54, 1.807) is 0 Å². The van der Waals surface area contributed by atoms with Gasteiger partial charge in [-0.1, -0.05) is 48.5 Å². The van der Waals surface area contributed by atoms with Gasteiger partial charge < -0.3 is 9.47 Å². The predicted octanol–water partition coefficient (Wildman–Crippen LogP) is 3.09. The summed E-state index contributed by atoms with van der Waals surface area (Å²) in [5, 5.41) is 0. The largest absolute Gasteiger partial charge is 0.349 e. The van der Waals surface area contributed by atoms with Gasteiger partial charge in [0.15, 0.2) is 6.29 Å². The van der Waals surface area contributed by atoms with E-state index in [0.29, 0.717) is 4.83 Å². The van der Waals surface area contributed by atoms with Crippen molar-refractivity contribution >= 4 is 15.9 Å². The average molecular weight is 251 g/mol. The minimum Gasteiger partial charge on any atom is -0.349 e. The van der Waals surface area contributed by atoms with Crippen molar-refractivity contribution in [2.45, 2.75) is 50.1 Å². The minimum absolute atomic E-state index is 0.00151. The van der Waals surface area contributed by atoms with E-state index in [9.17, 15) is 0 Å². The van der Waals surface area contributed by atoms with E-state index in [2.05, 4.69) is 22.9 Å². The third-order valence-electron chi connectivity index (χ3n) is 2.28. The lowest BCUT2D eigenvalue weighted by Crippen LogP contribution is -2.21. The summed E-state index contributed by atoms with van der Waals surface area (Å²) in [6.45, 7) is 3.73. The van der Waals surface area contributed by atoms with Crippen LogP contribution in [0.2, 0.25) is 0 Å². The van der Waals surface area contributed by atoms with E-state index in [4.69, 9.17) is 9.47 Å². The number of unbranched alkanes of at least 4 members (excludes halogenated alkanes) is 3. The van der Waals surface area contributed by atoms with Gasteiger partial charge in [0.05, 0.1) is 18.0 Å². The summed E-state index contributed by atoms with van der Waals surface area (Å²) < 4.78 is 10.8. The quantitative estimate of drug-likeness (QED) is 0.533. The van der Waals surface area contributed by atoms with E-state index >= 15 is 0 Å². The average Bonchev–Trinajstić information content (AvgIpc) is 2.65. The smallest absolute Gasteiger partial charge is 0.170 e. The molecule has 0 N–H and O–H groups in total. The lowest BCUT2D eigenvalue weighted by molar-refractivity contribution is -0.0417. The Kier molecular flexibility index (Phi) is 6.00. The van der Waals surface area contributed by atoms with E-state index in [1.807, 2.05) is 0 Å². The Morgan fingerprint density at radius 1 is 1.23 bits per heavy atom. The molecule has 0 aromatic heterocycles. The van der Waals surface area contributed by atoms with Crippen LogP contribution >= 0.6 is 15.9 Å². The highest BCUT2D eigenvalue weighted by molar-refractivity contribution is 9.09. The van der Waals surface area contributed by atoms with Gasteiger partial charge in [-0.2, -0.15) is 0 Å². The van der Waals surface area contributed by atoms with Crippen molar-refractivity contribution in [1.82, 2.24) is 0 Å². The number of halogens is 1. The van der Waals surface area contributed by atoms with Gasteiger partial charge in [0, 0.05) is 0 Å². The molecule has 2 nitrogen and oxygen atoms in total. The topological polar surface area (TPSA) is 18.5 Å². The number of rotatable bonds is 6. The van der Waals surface area contributed by atoms with Crippen LogP contribution in [0, 0.1) is 0 Å². The Bertz CT molecular complexity index is 124. The molecule has 1 saturated heterocycles. The molecule has 0 bridgehead atoms. The first kappa shape index (κ1) is 11.5. The second-order valence-electron chi connectivity index (χ2n) is 3.48. The molecule has 3 heteroatoms. The first-order chi connectivity index (χ1) is 6.34. The minimum atomic E-state index is 0.00151. The lowest BCUT2D eigenvalue weighted by atomic mass is 10.1. The van der Waals surface area contributed by atoms with Crippen molar-refractivity contribution in [2.24, 2.45) is 0 Å². The van der Waals surface area contributed by atoms with Crippen LogP contribution in [0.3, 0.4) is 0 Å². The van der Waals surface area contributed by atoms with Crippen LogP contribution in [0.25, 0.3) is 0 Å². The molecule has 0 aromatic carbocycles. The Labute approximate surface area is 89.1 Å². The van der Waals surface area contributed by atoms with Gasteiger partial charge in [0.25, 0.3) is 0 Å². The van der Waals surface area contributed by atoms with E-state index < -0.39 is 0 Å². The molecule has 1 aliphatic rings. The van der Waals surface area contributed by atoms with Gasteiger partial charge in [-0.25, -0.2) is 0 Å². The summed E-state index contributed by atoms with van der Waals surface area (Å²) in [4.78, 5) is 0.381. The van der Waals surface area contributed by atoms with Gasteiger partial charge in [-0.15, -0.1) is 0 Å². The zero-order valence-corrected chi connectivity index (χ0v) is 9.88. The van der Waals surface area contributed by atoms with Crippen molar-refractivity contribution in [2.75, 3.05) is 13.2 Å². The van der Waals surface area contributed by atoms with Crippen molar-refractivity contribution in [3.8, 4) is 0 Å². The van der Waals surface area contributed by atoms with Crippen molar-refractivity contribution in [3.63, 3.8) is 0 Å². The summed E-state index contributed by atoms with van der Waals surface area (Å²) in [5.74, 6) is 0. The van der Waals surface area contributed by atoms with E-state index in [1.165, 1.54) is 25.7 Å². The molecule has 1 rings (SSSR count). The van der Waals surface area contributed by atoms with E-state index in [0.717, 1.165) is 19.6 Å². The van der Waals surface area contributed by atoms with Crippen LogP contribution in [0.5, 0.6) is 0 Å².